The van der Waals surface area contributed by atoms with Crippen LogP contribution in [0.5, 0.6) is 0 Å². The molecule has 1 aliphatic carbocycles. The maximum atomic E-state index is 5.83. The molecule has 0 radical (unpaired) electrons. The molecule has 0 saturated heterocycles. The Kier molecular flexibility index (Phi) is 3.76. The first-order valence-electron chi connectivity index (χ1n) is 8.19. The number of hydrogen-bond acceptors (Lipinski definition) is 4. The summed E-state index contributed by atoms with van der Waals surface area (Å²) in [5.41, 5.74) is 1.21. The van der Waals surface area contributed by atoms with Crippen LogP contribution in [0, 0.1) is 5.92 Å². The van der Waals surface area contributed by atoms with E-state index >= 15 is 0 Å². The van der Waals surface area contributed by atoms with E-state index < -0.39 is 0 Å². The number of rotatable bonds is 6. The van der Waals surface area contributed by atoms with Crippen LogP contribution < -0.4 is 0 Å². The number of nitrogens with zero attached hydrogens (tertiary/aromatic N) is 3. The van der Waals surface area contributed by atoms with Crippen LogP contribution in [-0.2, 0) is 24.4 Å². The summed E-state index contributed by atoms with van der Waals surface area (Å²) in [7, 11) is 0. The van der Waals surface area contributed by atoms with Gasteiger partial charge in [0.05, 0.1) is 37.3 Å². The predicted molar refractivity (Wildman–Crippen MR) is 82.1 cm³/mol. The predicted octanol–water partition coefficient (Wildman–Crippen LogP) is 2.98. The van der Waals surface area contributed by atoms with Crippen molar-refractivity contribution in [1.29, 1.82) is 0 Å². The molecule has 22 heavy (non-hydrogen) atoms. The van der Waals surface area contributed by atoms with Crippen molar-refractivity contribution in [3.8, 4) is 0 Å². The Hall–Kier alpha value is -1.59. The molecule has 5 nitrogen and oxygen atoms in total. The van der Waals surface area contributed by atoms with E-state index in [1.165, 1.54) is 18.5 Å². The molecule has 2 aromatic rings. The monoisotopic (exact) mass is 301 g/mol. The van der Waals surface area contributed by atoms with Gasteiger partial charge in [-0.25, -0.2) is 4.98 Å². The molecule has 2 aliphatic rings. The molecule has 1 fully saturated rings. The maximum absolute atomic E-state index is 5.83. The fourth-order valence-corrected chi connectivity index (χ4v) is 3.15. The minimum atomic E-state index is 0.302. The molecule has 3 heterocycles. The van der Waals surface area contributed by atoms with Crippen LogP contribution >= 0.6 is 0 Å². The molecule has 4 rings (SSSR count). The van der Waals surface area contributed by atoms with E-state index in [2.05, 4.69) is 21.4 Å². The SMILES string of the molecule is C[C@H]1c2ncc(COCC3CC3)n2CCN1Cc1ccco1. The Bertz CT molecular complexity index is 616. The Labute approximate surface area is 130 Å². The van der Waals surface area contributed by atoms with Crippen LogP contribution in [0.15, 0.2) is 29.0 Å². The highest BCUT2D eigenvalue weighted by Crippen LogP contribution is 2.30. The maximum Gasteiger partial charge on any atom is 0.126 e. The van der Waals surface area contributed by atoms with E-state index in [4.69, 9.17) is 9.15 Å². The molecule has 0 amide bonds. The van der Waals surface area contributed by atoms with Gasteiger partial charge < -0.3 is 13.7 Å². The third-order valence-corrected chi connectivity index (χ3v) is 4.74. The summed E-state index contributed by atoms with van der Waals surface area (Å²) in [6, 6.07) is 4.28. The number of furan rings is 1. The first-order chi connectivity index (χ1) is 10.8. The zero-order chi connectivity index (χ0) is 14.9. The van der Waals surface area contributed by atoms with Crippen molar-refractivity contribution in [2.45, 2.75) is 45.5 Å². The highest BCUT2D eigenvalue weighted by atomic mass is 16.5. The summed E-state index contributed by atoms with van der Waals surface area (Å²) in [5, 5.41) is 0. The average Bonchev–Trinajstić information content (AvgIpc) is 3.03. The van der Waals surface area contributed by atoms with Crippen LogP contribution in [0.3, 0.4) is 0 Å². The van der Waals surface area contributed by atoms with Crippen molar-refractivity contribution in [2.24, 2.45) is 5.92 Å². The Morgan fingerprint density at radius 2 is 2.27 bits per heavy atom. The lowest BCUT2D eigenvalue weighted by Crippen LogP contribution is -2.37. The van der Waals surface area contributed by atoms with Gasteiger partial charge in [0.25, 0.3) is 0 Å². The molecular weight excluding hydrogens is 278 g/mol. The van der Waals surface area contributed by atoms with Gasteiger partial charge in [-0.1, -0.05) is 0 Å². The van der Waals surface area contributed by atoms with Gasteiger partial charge in [0.15, 0.2) is 0 Å². The fraction of sp³-hybridized carbons (Fsp3) is 0.588. The third kappa shape index (κ3) is 2.83. The van der Waals surface area contributed by atoms with Gasteiger partial charge in [0.1, 0.15) is 11.6 Å². The van der Waals surface area contributed by atoms with E-state index in [1.54, 1.807) is 6.26 Å². The van der Waals surface area contributed by atoms with E-state index in [0.29, 0.717) is 12.6 Å². The average molecular weight is 301 g/mol. The molecule has 5 heteroatoms. The van der Waals surface area contributed by atoms with Crippen molar-refractivity contribution in [3.63, 3.8) is 0 Å². The Morgan fingerprint density at radius 3 is 3.05 bits per heavy atom. The second kappa shape index (κ2) is 5.89. The zero-order valence-corrected chi connectivity index (χ0v) is 13.1. The molecule has 1 aliphatic heterocycles. The quantitative estimate of drug-likeness (QED) is 0.822. The third-order valence-electron chi connectivity index (χ3n) is 4.74. The summed E-state index contributed by atoms with van der Waals surface area (Å²) in [4.78, 5) is 7.05. The summed E-state index contributed by atoms with van der Waals surface area (Å²) >= 11 is 0. The fourth-order valence-electron chi connectivity index (χ4n) is 3.15. The molecule has 118 valence electrons. The molecule has 0 bridgehead atoms. The topological polar surface area (TPSA) is 43.4 Å². The Morgan fingerprint density at radius 1 is 1.36 bits per heavy atom. The lowest BCUT2D eigenvalue weighted by molar-refractivity contribution is 0.1000. The summed E-state index contributed by atoms with van der Waals surface area (Å²) in [6.45, 7) is 6.64. The summed E-state index contributed by atoms with van der Waals surface area (Å²) in [6.07, 6.45) is 6.39. The minimum Gasteiger partial charge on any atom is -0.468 e. The van der Waals surface area contributed by atoms with Gasteiger partial charge in [0, 0.05) is 19.7 Å². The molecule has 0 aromatic carbocycles. The van der Waals surface area contributed by atoms with Crippen LogP contribution in [0.4, 0.5) is 0 Å². The first kappa shape index (κ1) is 14.0. The minimum absolute atomic E-state index is 0.302. The highest BCUT2D eigenvalue weighted by molar-refractivity contribution is 5.11. The van der Waals surface area contributed by atoms with Gasteiger partial charge in [-0.05, 0) is 37.8 Å². The van der Waals surface area contributed by atoms with Gasteiger partial charge in [0.2, 0.25) is 0 Å². The normalized spacial score (nSPS) is 22.0. The van der Waals surface area contributed by atoms with E-state index in [9.17, 15) is 0 Å². The van der Waals surface area contributed by atoms with E-state index in [-0.39, 0.29) is 0 Å². The van der Waals surface area contributed by atoms with Gasteiger partial charge in [-0.3, -0.25) is 4.90 Å². The van der Waals surface area contributed by atoms with Gasteiger partial charge >= 0.3 is 0 Å². The van der Waals surface area contributed by atoms with Crippen molar-refractivity contribution in [3.05, 3.63) is 41.9 Å². The van der Waals surface area contributed by atoms with Crippen LogP contribution in [0.25, 0.3) is 0 Å². The smallest absolute Gasteiger partial charge is 0.126 e. The van der Waals surface area contributed by atoms with Crippen LogP contribution in [0.2, 0.25) is 0 Å². The first-order valence-corrected chi connectivity index (χ1v) is 8.19. The highest BCUT2D eigenvalue weighted by Gasteiger charge is 2.28. The lowest BCUT2D eigenvalue weighted by Gasteiger charge is -2.33. The van der Waals surface area contributed by atoms with Crippen molar-refractivity contribution >= 4 is 0 Å². The van der Waals surface area contributed by atoms with Gasteiger partial charge in [-0.15, -0.1) is 0 Å². The largest absolute Gasteiger partial charge is 0.468 e. The number of hydrogen-bond donors (Lipinski definition) is 0. The van der Waals surface area contributed by atoms with E-state index in [0.717, 1.165) is 43.7 Å². The van der Waals surface area contributed by atoms with Gasteiger partial charge in [-0.2, -0.15) is 0 Å². The summed E-state index contributed by atoms with van der Waals surface area (Å²) < 4.78 is 13.6. The van der Waals surface area contributed by atoms with E-state index in [1.807, 2.05) is 18.3 Å². The van der Waals surface area contributed by atoms with Crippen molar-refractivity contribution in [1.82, 2.24) is 14.5 Å². The number of fused-ring (bicyclic) bond motifs is 1. The molecule has 1 saturated carbocycles. The number of imidazole rings is 1. The number of aromatic nitrogens is 2. The second-order valence-electron chi connectivity index (χ2n) is 6.44. The van der Waals surface area contributed by atoms with Crippen molar-refractivity contribution < 1.29 is 9.15 Å². The Balaban J connectivity index is 1.42. The summed E-state index contributed by atoms with van der Waals surface area (Å²) in [5.74, 6) is 2.97. The lowest BCUT2D eigenvalue weighted by atomic mass is 10.2. The van der Waals surface area contributed by atoms with Crippen LogP contribution in [-0.4, -0.2) is 27.6 Å². The van der Waals surface area contributed by atoms with Crippen molar-refractivity contribution in [2.75, 3.05) is 13.2 Å². The standard InChI is InChI=1S/C17H23N3O2/c1-13-17-18-9-15(12-21-11-14-4-5-14)20(17)7-6-19(13)10-16-3-2-8-22-16/h2-3,8-9,13-14H,4-7,10-12H2,1H3/t13-/m0/s1. The zero-order valence-electron chi connectivity index (χ0n) is 13.1. The molecular formula is C17H23N3O2. The molecule has 1 atom stereocenters. The van der Waals surface area contributed by atoms with Crippen LogP contribution in [0.1, 0.15) is 43.1 Å². The second-order valence-corrected chi connectivity index (χ2v) is 6.44. The molecule has 0 spiro atoms. The number of ether oxygens (including phenoxy) is 1. The molecule has 0 unspecified atom stereocenters. The molecule has 2 aromatic heterocycles. The molecule has 0 N–H and O–H groups in total.